The Morgan fingerprint density at radius 2 is 2.06 bits per heavy atom. The maximum absolute atomic E-state index is 11.9. The number of nitrogens with one attached hydrogen (secondary N) is 2. The lowest BCUT2D eigenvalue weighted by atomic mass is 9.96. The number of esters is 1. The second kappa shape index (κ2) is 6.81. The Bertz CT molecular complexity index is 276. The molecule has 2 N–H and O–H groups in total. The molecule has 1 saturated heterocycles. The molecule has 1 unspecified atom stereocenters. The molecule has 0 aromatic rings. The summed E-state index contributed by atoms with van der Waals surface area (Å²) in [5, 5.41) is 5.89. The summed E-state index contributed by atoms with van der Waals surface area (Å²) in [6.07, 6.45) is 1.87. The van der Waals surface area contributed by atoms with Gasteiger partial charge in [0.15, 0.2) is 0 Å². The lowest BCUT2D eigenvalue weighted by Crippen LogP contribution is -2.53. The third-order valence-corrected chi connectivity index (χ3v) is 2.80. The van der Waals surface area contributed by atoms with Crippen LogP contribution in [-0.4, -0.2) is 37.6 Å². The molecule has 1 aliphatic heterocycles. The minimum absolute atomic E-state index is 0. The number of halogens is 1. The minimum atomic E-state index is -0.955. The Morgan fingerprint density at radius 1 is 1.41 bits per heavy atom. The summed E-state index contributed by atoms with van der Waals surface area (Å²) in [6.45, 7) is 4.94. The monoisotopic (exact) mass is 264 g/mol. The molecule has 5 nitrogen and oxygen atoms in total. The average Bonchev–Trinajstić information content (AvgIpc) is 2.28. The number of piperidine rings is 1. The van der Waals surface area contributed by atoms with Crippen LogP contribution in [0.5, 0.6) is 0 Å². The maximum atomic E-state index is 11.9. The van der Waals surface area contributed by atoms with E-state index in [1.165, 1.54) is 7.11 Å². The Labute approximate surface area is 108 Å². The van der Waals surface area contributed by atoms with E-state index in [1.807, 2.05) is 0 Å². The van der Waals surface area contributed by atoms with Crippen molar-refractivity contribution in [2.24, 2.45) is 5.92 Å². The molecular weight excluding hydrogens is 244 g/mol. The van der Waals surface area contributed by atoms with Gasteiger partial charge in [0, 0.05) is 6.54 Å². The van der Waals surface area contributed by atoms with Gasteiger partial charge in [-0.05, 0) is 33.2 Å². The van der Waals surface area contributed by atoms with Crippen LogP contribution in [-0.2, 0) is 14.3 Å². The zero-order valence-electron chi connectivity index (χ0n) is 10.5. The van der Waals surface area contributed by atoms with E-state index in [0.29, 0.717) is 6.54 Å². The van der Waals surface area contributed by atoms with E-state index in [1.54, 1.807) is 13.8 Å². The first-order chi connectivity index (χ1) is 7.47. The second-order valence-electron chi connectivity index (χ2n) is 4.65. The lowest BCUT2D eigenvalue weighted by Gasteiger charge is -2.28. The topological polar surface area (TPSA) is 67.4 Å². The van der Waals surface area contributed by atoms with Crippen molar-refractivity contribution >= 4 is 24.3 Å². The highest BCUT2D eigenvalue weighted by atomic mass is 35.5. The summed E-state index contributed by atoms with van der Waals surface area (Å²) >= 11 is 0. The van der Waals surface area contributed by atoms with Crippen LogP contribution >= 0.6 is 12.4 Å². The molecule has 17 heavy (non-hydrogen) atoms. The lowest BCUT2D eigenvalue weighted by molar-refractivity contribution is -0.150. The molecule has 1 rings (SSSR count). The molecule has 1 heterocycles. The molecule has 0 aromatic carbocycles. The number of hydrogen-bond acceptors (Lipinski definition) is 4. The Balaban J connectivity index is 0.00000256. The number of carbonyl (C=O) groups is 2. The van der Waals surface area contributed by atoms with E-state index in [2.05, 4.69) is 15.4 Å². The van der Waals surface area contributed by atoms with E-state index in [0.717, 1.165) is 19.4 Å². The molecular formula is C11H21ClN2O3. The third kappa shape index (κ3) is 4.52. The SMILES string of the molecule is COC(=O)C(C)(C)NC(=O)C1CCCNC1.Cl. The van der Waals surface area contributed by atoms with Gasteiger partial charge in [0.05, 0.1) is 13.0 Å². The van der Waals surface area contributed by atoms with Crippen LogP contribution in [0.1, 0.15) is 26.7 Å². The van der Waals surface area contributed by atoms with Crippen molar-refractivity contribution in [3.05, 3.63) is 0 Å². The first-order valence-electron chi connectivity index (χ1n) is 5.58. The average molecular weight is 265 g/mol. The van der Waals surface area contributed by atoms with E-state index in [-0.39, 0.29) is 24.2 Å². The van der Waals surface area contributed by atoms with Crippen LogP contribution < -0.4 is 10.6 Å². The number of rotatable bonds is 3. The van der Waals surface area contributed by atoms with Crippen LogP contribution in [0.3, 0.4) is 0 Å². The van der Waals surface area contributed by atoms with Crippen molar-refractivity contribution in [3.8, 4) is 0 Å². The van der Waals surface area contributed by atoms with Gasteiger partial charge >= 0.3 is 5.97 Å². The summed E-state index contributed by atoms with van der Waals surface area (Å²) in [5.41, 5.74) is -0.955. The van der Waals surface area contributed by atoms with E-state index in [4.69, 9.17) is 0 Å². The highest BCUT2D eigenvalue weighted by Crippen LogP contribution is 2.13. The summed E-state index contributed by atoms with van der Waals surface area (Å²) in [5.74, 6) is -0.551. The van der Waals surface area contributed by atoms with Crippen molar-refractivity contribution in [3.63, 3.8) is 0 Å². The quantitative estimate of drug-likeness (QED) is 0.728. The molecule has 6 heteroatoms. The summed E-state index contributed by atoms with van der Waals surface area (Å²) < 4.78 is 4.63. The molecule has 0 bridgehead atoms. The molecule has 1 fully saturated rings. The first kappa shape index (κ1) is 16.2. The predicted octanol–water partition coefficient (Wildman–Crippen LogP) is 0.476. The maximum Gasteiger partial charge on any atom is 0.330 e. The van der Waals surface area contributed by atoms with Gasteiger partial charge in [0.1, 0.15) is 5.54 Å². The number of hydrogen-bond donors (Lipinski definition) is 2. The fourth-order valence-electron chi connectivity index (χ4n) is 1.79. The van der Waals surface area contributed by atoms with Gasteiger partial charge in [-0.3, -0.25) is 4.79 Å². The molecule has 1 aliphatic rings. The Hall–Kier alpha value is -0.810. The summed E-state index contributed by atoms with van der Waals surface area (Å²) in [7, 11) is 1.32. The number of carbonyl (C=O) groups excluding carboxylic acids is 2. The van der Waals surface area contributed by atoms with Gasteiger partial charge in [0.2, 0.25) is 5.91 Å². The van der Waals surface area contributed by atoms with E-state index in [9.17, 15) is 9.59 Å². The molecule has 0 radical (unpaired) electrons. The van der Waals surface area contributed by atoms with Crippen LogP contribution in [0.2, 0.25) is 0 Å². The Morgan fingerprint density at radius 3 is 2.53 bits per heavy atom. The van der Waals surface area contributed by atoms with Gasteiger partial charge in [-0.15, -0.1) is 12.4 Å². The molecule has 0 spiro atoms. The van der Waals surface area contributed by atoms with Crippen LogP contribution in [0.15, 0.2) is 0 Å². The third-order valence-electron chi connectivity index (χ3n) is 2.80. The predicted molar refractivity (Wildman–Crippen MR) is 67.1 cm³/mol. The fourth-order valence-corrected chi connectivity index (χ4v) is 1.79. The second-order valence-corrected chi connectivity index (χ2v) is 4.65. The fraction of sp³-hybridized carbons (Fsp3) is 0.818. The first-order valence-corrected chi connectivity index (χ1v) is 5.58. The smallest absolute Gasteiger partial charge is 0.330 e. The minimum Gasteiger partial charge on any atom is -0.467 e. The molecule has 0 saturated carbocycles. The van der Waals surface area contributed by atoms with Crippen molar-refractivity contribution in [1.82, 2.24) is 10.6 Å². The van der Waals surface area contributed by atoms with Crippen LogP contribution in [0.4, 0.5) is 0 Å². The van der Waals surface area contributed by atoms with Crippen molar-refractivity contribution < 1.29 is 14.3 Å². The highest BCUT2D eigenvalue weighted by molar-refractivity contribution is 5.88. The largest absolute Gasteiger partial charge is 0.467 e. The number of methoxy groups -OCH3 is 1. The zero-order chi connectivity index (χ0) is 12.2. The van der Waals surface area contributed by atoms with Crippen LogP contribution in [0, 0.1) is 5.92 Å². The van der Waals surface area contributed by atoms with Gasteiger partial charge in [0.25, 0.3) is 0 Å². The normalized spacial score (nSPS) is 20.1. The summed E-state index contributed by atoms with van der Waals surface area (Å²) in [6, 6.07) is 0. The van der Waals surface area contributed by atoms with Crippen LogP contribution in [0.25, 0.3) is 0 Å². The Kier molecular flexibility index (Phi) is 6.49. The van der Waals surface area contributed by atoms with Gasteiger partial charge in [-0.1, -0.05) is 0 Å². The molecule has 1 atom stereocenters. The van der Waals surface area contributed by atoms with Crippen molar-refractivity contribution in [1.29, 1.82) is 0 Å². The molecule has 0 aromatic heterocycles. The van der Waals surface area contributed by atoms with Gasteiger partial charge in [-0.25, -0.2) is 4.79 Å². The van der Waals surface area contributed by atoms with E-state index < -0.39 is 11.5 Å². The number of amides is 1. The molecule has 1 amide bonds. The van der Waals surface area contributed by atoms with Crippen molar-refractivity contribution in [2.75, 3.05) is 20.2 Å². The van der Waals surface area contributed by atoms with Gasteiger partial charge < -0.3 is 15.4 Å². The van der Waals surface area contributed by atoms with Crippen molar-refractivity contribution in [2.45, 2.75) is 32.2 Å². The highest BCUT2D eigenvalue weighted by Gasteiger charge is 2.33. The molecule has 100 valence electrons. The van der Waals surface area contributed by atoms with E-state index >= 15 is 0 Å². The summed E-state index contributed by atoms with van der Waals surface area (Å²) in [4.78, 5) is 23.3. The zero-order valence-corrected chi connectivity index (χ0v) is 11.4. The standard InChI is InChI=1S/C11H20N2O3.ClH/c1-11(2,10(15)16-3)13-9(14)8-5-4-6-12-7-8;/h8,12H,4-7H2,1-3H3,(H,13,14);1H. The number of ether oxygens (including phenoxy) is 1. The van der Waals surface area contributed by atoms with Gasteiger partial charge in [-0.2, -0.15) is 0 Å². The molecule has 0 aliphatic carbocycles.